The van der Waals surface area contributed by atoms with Crippen LogP contribution < -0.4 is 5.32 Å². The fraction of sp³-hybridized carbons (Fsp3) is 0.357. The second-order valence-corrected chi connectivity index (χ2v) is 5.34. The lowest BCUT2D eigenvalue weighted by molar-refractivity contribution is -0.117. The Morgan fingerprint density at radius 1 is 1.42 bits per heavy atom. The van der Waals surface area contributed by atoms with E-state index in [1.54, 1.807) is 31.2 Å². The highest BCUT2D eigenvalue weighted by atomic mass is 35.5. The molecule has 0 aliphatic heterocycles. The molecule has 0 aliphatic rings. The van der Waals surface area contributed by atoms with E-state index in [2.05, 4.69) is 5.32 Å². The molecule has 1 amide bonds. The van der Waals surface area contributed by atoms with Crippen LogP contribution in [-0.2, 0) is 4.79 Å². The van der Waals surface area contributed by atoms with Crippen LogP contribution >= 0.6 is 23.2 Å². The lowest BCUT2D eigenvalue weighted by Crippen LogP contribution is -2.33. The molecule has 0 radical (unpaired) electrons. The third-order valence-electron chi connectivity index (χ3n) is 2.46. The van der Waals surface area contributed by atoms with E-state index in [-0.39, 0.29) is 11.9 Å². The average molecular weight is 302 g/mol. The van der Waals surface area contributed by atoms with Gasteiger partial charge in [-0.3, -0.25) is 4.79 Å². The van der Waals surface area contributed by atoms with E-state index in [1.165, 1.54) is 6.08 Å². The molecule has 0 saturated heterocycles. The first kappa shape index (κ1) is 16.0. The van der Waals surface area contributed by atoms with Crippen LogP contribution in [0.5, 0.6) is 0 Å². The fourth-order valence-corrected chi connectivity index (χ4v) is 2.14. The van der Waals surface area contributed by atoms with Gasteiger partial charge < -0.3 is 10.4 Å². The van der Waals surface area contributed by atoms with Crippen molar-refractivity contribution in [3.8, 4) is 0 Å². The lowest BCUT2D eigenvalue weighted by atomic mass is 10.1. The number of aliphatic hydroxyl groups excluding tert-OH is 1. The minimum absolute atomic E-state index is 0.0853. The quantitative estimate of drug-likeness (QED) is 0.820. The number of aliphatic hydroxyl groups is 1. The summed E-state index contributed by atoms with van der Waals surface area (Å²) in [7, 11) is 0. The SMILES string of the molecule is CC(O)CC(C)NC(=O)/C=C/c1ccc(Cl)cc1Cl. The van der Waals surface area contributed by atoms with Crippen molar-refractivity contribution in [2.24, 2.45) is 0 Å². The molecule has 0 aliphatic carbocycles. The Hall–Kier alpha value is -1.03. The Balaban J connectivity index is 2.58. The summed E-state index contributed by atoms with van der Waals surface area (Å²) in [5.41, 5.74) is 0.726. The minimum Gasteiger partial charge on any atom is -0.393 e. The van der Waals surface area contributed by atoms with Gasteiger partial charge in [-0.1, -0.05) is 29.3 Å². The largest absolute Gasteiger partial charge is 0.393 e. The van der Waals surface area contributed by atoms with E-state index in [4.69, 9.17) is 23.2 Å². The van der Waals surface area contributed by atoms with Crippen LogP contribution in [-0.4, -0.2) is 23.2 Å². The normalized spacial score (nSPS) is 14.4. The van der Waals surface area contributed by atoms with Gasteiger partial charge in [-0.2, -0.15) is 0 Å². The first-order valence-electron chi connectivity index (χ1n) is 6.00. The van der Waals surface area contributed by atoms with Crippen LogP contribution in [0, 0.1) is 0 Å². The monoisotopic (exact) mass is 301 g/mol. The van der Waals surface area contributed by atoms with Gasteiger partial charge in [0.15, 0.2) is 0 Å². The van der Waals surface area contributed by atoms with Gasteiger partial charge in [-0.15, -0.1) is 0 Å². The van der Waals surface area contributed by atoms with E-state index < -0.39 is 6.10 Å². The second-order valence-electron chi connectivity index (χ2n) is 4.49. The van der Waals surface area contributed by atoms with Crippen LogP contribution in [0.1, 0.15) is 25.8 Å². The van der Waals surface area contributed by atoms with Gasteiger partial charge in [0, 0.05) is 22.2 Å². The van der Waals surface area contributed by atoms with Gasteiger partial charge in [0.05, 0.1) is 6.10 Å². The third kappa shape index (κ3) is 6.10. The average Bonchev–Trinajstić information content (AvgIpc) is 2.26. The zero-order valence-electron chi connectivity index (χ0n) is 10.9. The summed E-state index contributed by atoms with van der Waals surface area (Å²) in [5, 5.41) is 13.0. The van der Waals surface area contributed by atoms with Gasteiger partial charge in [-0.25, -0.2) is 0 Å². The molecule has 2 unspecified atom stereocenters. The van der Waals surface area contributed by atoms with Crippen LogP contribution in [0.4, 0.5) is 0 Å². The molecule has 1 aromatic carbocycles. The molecule has 0 spiro atoms. The second kappa shape index (κ2) is 7.53. The Morgan fingerprint density at radius 2 is 2.11 bits per heavy atom. The van der Waals surface area contributed by atoms with Gasteiger partial charge in [0.2, 0.25) is 5.91 Å². The van der Waals surface area contributed by atoms with Crippen molar-refractivity contribution in [3.05, 3.63) is 39.9 Å². The molecule has 19 heavy (non-hydrogen) atoms. The summed E-state index contributed by atoms with van der Waals surface area (Å²) in [6, 6.07) is 4.99. The molecule has 0 bridgehead atoms. The fourth-order valence-electron chi connectivity index (χ4n) is 1.66. The van der Waals surface area contributed by atoms with Crippen molar-refractivity contribution in [2.45, 2.75) is 32.4 Å². The van der Waals surface area contributed by atoms with E-state index in [0.29, 0.717) is 16.5 Å². The zero-order valence-corrected chi connectivity index (χ0v) is 12.4. The highest BCUT2D eigenvalue weighted by molar-refractivity contribution is 6.35. The molecule has 0 heterocycles. The Morgan fingerprint density at radius 3 is 2.68 bits per heavy atom. The third-order valence-corrected chi connectivity index (χ3v) is 3.02. The van der Waals surface area contributed by atoms with Gasteiger partial charge in [-0.05, 0) is 44.0 Å². The van der Waals surface area contributed by atoms with Crippen LogP contribution in [0.25, 0.3) is 6.08 Å². The zero-order chi connectivity index (χ0) is 14.4. The summed E-state index contributed by atoms with van der Waals surface area (Å²) < 4.78 is 0. The molecule has 2 atom stereocenters. The molecule has 0 fully saturated rings. The minimum atomic E-state index is -0.440. The van der Waals surface area contributed by atoms with Gasteiger partial charge in [0.1, 0.15) is 0 Å². The molecule has 3 nitrogen and oxygen atoms in total. The predicted molar refractivity (Wildman–Crippen MR) is 79.4 cm³/mol. The highest BCUT2D eigenvalue weighted by Gasteiger charge is 2.07. The van der Waals surface area contributed by atoms with Gasteiger partial charge in [0.25, 0.3) is 0 Å². The standard InChI is InChI=1S/C14H17Cl2NO2/c1-9(7-10(2)18)17-14(19)6-4-11-3-5-12(15)8-13(11)16/h3-6,8-10,18H,7H2,1-2H3,(H,17,19)/b6-4+. The Bertz CT molecular complexity index is 473. The maximum Gasteiger partial charge on any atom is 0.244 e. The van der Waals surface area contributed by atoms with Crippen LogP contribution in [0.3, 0.4) is 0 Å². The number of nitrogens with one attached hydrogen (secondary N) is 1. The number of benzene rings is 1. The van der Waals surface area contributed by atoms with Crippen molar-refractivity contribution >= 4 is 35.2 Å². The molecule has 1 rings (SSSR count). The van der Waals surface area contributed by atoms with Crippen molar-refractivity contribution in [2.75, 3.05) is 0 Å². The maximum absolute atomic E-state index is 11.6. The van der Waals surface area contributed by atoms with Gasteiger partial charge >= 0.3 is 0 Å². The molecule has 104 valence electrons. The number of amides is 1. The summed E-state index contributed by atoms with van der Waals surface area (Å²) in [5.74, 6) is -0.223. The number of carbonyl (C=O) groups excluding carboxylic acids is 1. The van der Waals surface area contributed by atoms with Crippen molar-refractivity contribution < 1.29 is 9.90 Å². The van der Waals surface area contributed by atoms with E-state index in [0.717, 1.165) is 5.56 Å². The Labute approximate surface area is 123 Å². The molecule has 5 heteroatoms. The smallest absolute Gasteiger partial charge is 0.244 e. The van der Waals surface area contributed by atoms with Crippen LogP contribution in [0.2, 0.25) is 10.0 Å². The van der Waals surface area contributed by atoms with Crippen molar-refractivity contribution in [3.63, 3.8) is 0 Å². The number of hydrogen-bond donors (Lipinski definition) is 2. The van der Waals surface area contributed by atoms with E-state index in [9.17, 15) is 9.90 Å². The predicted octanol–water partition coefficient (Wildman–Crippen LogP) is 3.28. The summed E-state index contributed by atoms with van der Waals surface area (Å²) in [6.07, 6.45) is 3.11. The van der Waals surface area contributed by atoms with E-state index >= 15 is 0 Å². The highest BCUT2D eigenvalue weighted by Crippen LogP contribution is 2.21. The molecule has 2 N–H and O–H groups in total. The summed E-state index contributed by atoms with van der Waals surface area (Å²) in [6.45, 7) is 3.53. The number of rotatable bonds is 5. The molecule has 0 saturated carbocycles. The number of carbonyl (C=O) groups is 1. The topological polar surface area (TPSA) is 49.3 Å². The van der Waals surface area contributed by atoms with Crippen molar-refractivity contribution in [1.29, 1.82) is 0 Å². The summed E-state index contributed by atoms with van der Waals surface area (Å²) >= 11 is 11.8. The lowest BCUT2D eigenvalue weighted by Gasteiger charge is -2.13. The van der Waals surface area contributed by atoms with E-state index in [1.807, 2.05) is 6.92 Å². The molecular formula is C14H17Cl2NO2. The first-order chi connectivity index (χ1) is 8.88. The summed E-state index contributed by atoms with van der Waals surface area (Å²) in [4.78, 5) is 11.6. The van der Waals surface area contributed by atoms with Crippen molar-refractivity contribution in [1.82, 2.24) is 5.32 Å². The molecule has 0 aromatic heterocycles. The maximum atomic E-state index is 11.6. The molecular weight excluding hydrogens is 285 g/mol. The number of halogens is 2. The first-order valence-corrected chi connectivity index (χ1v) is 6.75. The number of hydrogen-bond acceptors (Lipinski definition) is 2. The Kier molecular flexibility index (Phi) is 6.35. The van der Waals surface area contributed by atoms with Crippen LogP contribution in [0.15, 0.2) is 24.3 Å². The molecule has 1 aromatic rings.